The van der Waals surface area contributed by atoms with E-state index in [1.54, 1.807) is 0 Å². The van der Waals surface area contributed by atoms with E-state index in [4.69, 9.17) is 0 Å². The Kier molecular flexibility index (Phi) is 7.04. The van der Waals surface area contributed by atoms with Crippen molar-refractivity contribution in [3.63, 3.8) is 0 Å². The Labute approximate surface area is 167 Å². The predicted octanol–water partition coefficient (Wildman–Crippen LogP) is 3.99. The summed E-state index contributed by atoms with van der Waals surface area (Å²) in [5.41, 5.74) is 2.19. The summed E-state index contributed by atoms with van der Waals surface area (Å²) in [6.45, 7) is 7.42. The van der Waals surface area contributed by atoms with Crippen LogP contribution in [0, 0.1) is 5.82 Å². The van der Waals surface area contributed by atoms with Crippen LogP contribution in [0.4, 0.5) is 10.1 Å². The second-order valence-electron chi connectivity index (χ2n) is 7.44. The fourth-order valence-corrected chi connectivity index (χ4v) is 3.77. The molecule has 2 aromatic carbocycles. The van der Waals surface area contributed by atoms with Crippen molar-refractivity contribution in [2.75, 3.05) is 31.1 Å². The van der Waals surface area contributed by atoms with Gasteiger partial charge >= 0.3 is 0 Å². The fraction of sp³-hybridized carbons (Fsp3) is 0.435. The monoisotopic (exact) mass is 383 g/mol. The minimum Gasteiger partial charge on any atom is -0.369 e. The number of piperazine rings is 1. The highest BCUT2D eigenvalue weighted by Crippen LogP contribution is 2.20. The van der Waals surface area contributed by atoms with E-state index >= 15 is 0 Å². The number of anilines is 1. The van der Waals surface area contributed by atoms with E-state index in [1.807, 2.05) is 37.3 Å². The molecule has 0 spiro atoms. The molecule has 2 atom stereocenters. The molecule has 0 saturated carbocycles. The highest BCUT2D eigenvalue weighted by molar-refractivity contribution is 5.81. The zero-order chi connectivity index (χ0) is 19.9. The van der Waals surface area contributed by atoms with Crippen LogP contribution in [0.5, 0.6) is 0 Å². The molecule has 150 valence electrons. The third-order valence-electron chi connectivity index (χ3n) is 5.53. The van der Waals surface area contributed by atoms with Crippen LogP contribution in [0.2, 0.25) is 0 Å². The zero-order valence-electron chi connectivity index (χ0n) is 16.8. The number of carbonyl (C=O) groups excluding carboxylic acids is 1. The molecule has 4 nitrogen and oxygen atoms in total. The van der Waals surface area contributed by atoms with E-state index in [2.05, 4.69) is 34.2 Å². The average molecular weight is 384 g/mol. The van der Waals surface area contributed by atoms with Crippen LogP contribution >= 0.6 is 0 Å². The Morgan fingerprint density at radius 1 is 1.04 bits per heavy atom. The smallest absolute Gasteiger partial charge is 0.237 e. The highest BCUT2D eigenvalue weighted by Gasteiger charge is 2.27. The van der Waals surface area contributed by atoms with E-state index in [1.165, 1.54) is 12.1 Å². The molecule has 0 aliphatic carbocycles. The van der Waals surface area contributed by atoms with Crippen molar-refractivity contribution in [3.05, 3.63) is 66.0 Å². The maximum atomic E-state index is 13.1. The predicted molar refractivity (Wildman–Crippen MR) is 112 cm³/mol. The molecule has 1 N–H and O–H groups in total. The molecule has 2 aromatic rings. The van der Waals surface area contributed by atoms with Crippen LogP contribution in [0.25, 0.3) is 0 Å². The third-order valence-corrected chi connectivity index (χ3v) is 5.53. The standard InChI is InChI=1S/C23H30FN3O/c1-3-7-22(19-8-5-4-6-9-19)25-23(28)18(2)26-14-16-27(17-15-26)21-12-10-20(24)11-13-21/h4-6,8-13,18,22H,3,7,14-17H2,1-2H3,(H,25,28). The number of amides is 1. The molecule has 1 heterocycles. The molecule has 1 amide bonds. The molecule has 1 aliphatic heterocycles. The molecule has 0 bridgehead atoms. The number of carbonyl (C=O) groups is 1. The van der Waals surface area contributed by atoms with Crippen molar-refractivity contribution >= 4 is 11.6 Å². The minimum absolute atomic E-state index is 0.0571. The summed E-state index contributed by atoms with van der Waals surface area (Å²) in [6, 6.07) is 16.7. The van der Waals surface area contributed by atoms with Crippen LogP contribution in [0.1, 0.15) is 38.3 Å². The quantitative estimate of drug-likeness (QED) is 0.785. The van der Waals surface area contributed by atoms with Crippen LogP contribution in [0.3, 0.4) is 0 Å². The fourth-order valence-electron chi connectivity index (χ4n) is 3.77. The first-order valence-electron chi connectivity index (χ1n) is 10.2. The molecule has 3 rings (SSSR count). The summed E-state index contributed by atoms with van der Waals surface area (Å²) in [6.07, 6.45) is 1.95. The Balaban J connectivity index is 1.55. The van der Waals surface area contributed by atoms with Gasteiger partial charge in [-0.1, -0.05) is 43.7 Å². The van der Waals surface area contributed by atoms with Gasteiger partial charge in [0.15, 0.2) is 0 Å². The van der Waals surface area contributed by atoms with Gasteiger partial charge in [-0.25, -0.2) is 4.39 Å². The topological polar surface area (TPSA) is 35.6 Å². The maximum Gasteiger partial charge on any atom is 0.237 e. The molecule has 5 heteroatoms. The van der Waals surface area contributed by atoms with Gasteiger partial charge < -0.3 is 10.2 Å². The van der Waals surface area contributed by atoms with E-state index in [9.17, 15) is 9.18 Å². The van der Waals surface area contributed by atoms with Gasteiger partial charge in [-0.2, -0.15) is 0 Å². The van der Waals surface area contributed by atoms with Crippen LogP contribution < -0.4 is 10.2 Å². The molecule has 0 radical (unpaired) electrons. The summed E-state index contributed by atoms with van der Waals surface area (Å²) < 4.78 is 13.1. The normalized spacial score (nSPS) is 17.2. The summed E-state index contributed by atoms with van der Waals surface area (Å²) in [5.74, 6) is -0.134. The number of nitrogens with zero attached hydrogens (tertiary/aromatic N) is 2. The van der Waals surface area contributed by atoms with Crippen molar-refractivity contribution < 1.29 is 9.18 Å². The SMILES string of the molecule is CCCC(NC(=O)C(C)N1CCN(c2ccc(F)cc2)CC1)c1ccccc1. The number of rotatable bonds is 7. The number of halogens is 1. The second kappa shape index (κ2) is 9.69. The summed E-state index contributed by atoms with van der Waals surface area (Å²) >= 11 is 0. The van der Waals surface area contributed by atoms with Gasteiger partial charge in [0, 0.05) is 31.9 Å². The van der Waals surface area contributed by atoms with Crippen molar-refractivity contribution in [2.24, 2.45) is 0 Å². The van der Waals surface area contributed by atoms with Crippen molar-refractivity contribution in [3.8, 4) is 0 Å². The van der Waals surface area contributed by atoms with E-state index in [-0.39, 0.29) is 23.8 Å². The van der Waals surface area contributed by atoms with Gasteiger partial charge in [0.05, 0.1) is 12.1 Å². The highest BCUT2D eigenvalue weighted by atomic mass is 19.1. The Bertz CT molecular complexity index is 742. The van der Waals surface area contributed by atoms with Crippen LogP contribution in [-0.2, 0) is 4.79 Å². The summed E-state index contributed by atoms with van der Waals surface area (Å²) in [4.78, 5) is 17.3. The molecule has 1 saturated heterocycles. The number of hydrogen-bond donors (Lipinski definition) is 1. The van der Waals surface area contributed by atoms with Gasteiger partial charge in [-0.3, -0.25) is 9.69 Å². The third kappa shape index (κ3) is 5.10. The summed E-state index contributed by atoms with van der Waals surface area (Å²) in [5, 5.41) is 3.24. The lowest BCUT2D eigenvalue weighted by molar-refractivity contribution is -0.126. The van der Waals surface area contributed by atoms with Crippen LogP contribution in [-0.4, -0.2) is 43.0 Å². The number of benzene rings is 2. The lowest BCUT2D eigenvalue weighted by Gasteiger charge is -2.39. The lowest BCUT2D eigenvalue weighted by atomic mass is 10.0. The van der Waals surface area contributed by atoms with Crippen LogP contribution in [0.15, 0.2) is 54.6 Å². The molecule has 1 aliphatic rings. The molecule has 1 fully saturated rings. The Morgan fingerprint density at radius 3 is 2.29 bits per heavy atom. The number of hydrogen-bond acceptors (Lipinski definition) is 3. The number of nitrogens with one attached hydrogen (secondary N) is 1. The zero-order valence-corrected chi connectivity index (χ0v) is 16.8. The van der Waals surface area contributed by atoms with Gasteiger partial charge in [0.1, 0.15) is 5.82 Å². The van der Waals surface area contributed by atoms with Crippen molar-refractivity contribution in [1.82, 2.24) is 10.2 Å². The molecular weight excluding hydrogens is 353 g/mol. The van der Waals surface area contributed by atoms with Gasteiger partial charge in [-0.15, -0.1) is 0 Å². The van der Waals surface area contributed by atoms with E-state index in [0.717, 1.165) is 50.3 Å². The van der Waals surface area contributed by atoms with E-state index in [0.29, 0.717) is 0 Å². The maximum absolute atomic E-state index is 13.1. The van der Waals surface area contributed by atoms with Gasteiger partial charge in [0.25, 0.3) is 0 Å². The minimum atomic E-state index is -0.215. The van der Waals surface area contributed by atoms with Gasteiger partial charge in [0.2, 0.25) is 5.91 Å². The summed E-state index contributed by atoms with van der Waals surface area (Å²) in [7, 11) is 0. The molecular formula is C23H30FN3O. The average Bonchev–Trinajstić information content (AvgIpc) is 2.74. The first-order chi connectivity index (χ1) is 13.6. The lowest BCUT2D eigenvalue weighted by Crippen LogP contribution is -2.54. The van der Waals surface area contributed by atoms with Crippen molar-refractivity contribution in [2.45, 2.75) is 38.8 Å². The second-order valence-corrected chi connectivity index (χ2v) is 7.44. The molecule has 2 unspecified atom stereocenters. The largest absolute Gasteiger partial charge is 0.369 e. The first kappa shape index (κ1) is 20.3. The van der Waals surface area contributed by atoms with E-state index < -0.39 is 0 Å². The van der Waals surface area contributed by atoms with Crippen molar-refractivity contribution in [1.29, 1.82) is 0 Å². The molecule has 0 aromatic heterocycles. The Morgan fingerprint density at radius 2 is 1.68 bits per heavy atom. The van der Waals surface area contributed by atoms with Gasteiger partial charge in [-0.05, 0) is 43.2 Å². The molecule has 28 heavy (non-hydrogen) atoms. The Hall–Kier alpha value is -2.40. The first-order valence-corrected chi connectivity index (χ1v) is 10.2.